The van der Waals surface area contributed by atoms with Gasteiger partial charge in [0.25, 0.3) is 0 Å². The van der Waals surface area contributed by atoms with Crippen LogP contribution >= 0.6 is 0 Å². The van der Waals surface area contributed by atoms with Gasteiger partial charge in [0.2, 0.25) is 0 Å². The summed E-state index contributed by atoms with van der Waals surface area (Å²) in [6, 6.07) is 2.01. The maximum atomic E-state index is 6.04. The molecule has 2 fully saturated rings. The van der Waals surface area contributed by atoms with Crippen molar-refractivity contribution in [3.8, 4) is 0 Å². The average Bonchev–Trinajstić information content (AvgIpc) is 2.91. The fourth-order valence-corrected chi connectivity index (χ4v) is 3.78. The summed E-state index contributed by atoms with van der Waals surface area (Å²) in [7, 11) is 0. The molecule has 1 heterocycles. The van der Waals surface area contributed by atoms with Gasteiger partial charge in [-0.05, 0) is 43.9 Å². The molecule has 3 nitrogen and oxygen atoms in total. The second-order valence-electron chi connectivity index (χ2n) is 7.50. The van der Waals surface area contributed by atoms with Gasteiger partial charge < -0.3 is 5.73 Å². The van der Waals surface area contributed by atoms with Crippen molar-refractivity contribution >= 4 is 5.82 Å². The largest absolute Gasteiger partial charge is 0.384 e. The molecule has 0 amide bonds. The van der Waals surface area contributed by atoms with Gasteiger partial charge in [-0.25, -0.2) is 9.97 Å². The molecule has 0 spiro atoms. The molecule has 2 saturated carbocycles. The quantitative estimate of drug-likeness (QED) is 0.869. The van der Waals surface area contributed by atoms with Crippen molar-refractivity contribution in [2.24, 2.45) is 5.41 Å². The molecule has 0 unspecified atom stereocenters. The number of anilines is 1. The van der Waals surface area contributed by atoms with Crippen molar-refractivity contribution in [1.82, 2.24) is 9.97 Å². The van der Waals surface area contributed by atoms with Crippen LogP contribution in [0.25, 0.3) is 0 Å². The van der Waals surface area contributed by atoms with E-state index in [1.54, 1.807) is 0 Å². The topological polar surface area (TPSA) is 51.8 Å². The lowest BCUT2D eigenvalue weighted by Gasteiger charge is -2.33. The Bertz CT molecular complexity index is 465. The standard InChI is InChI=1S/C17H27N3/c1-17(2)9-7-13(8-10-17)16-19-14(11-15(18)20-16)12-5-3-4-6-12/h11-13H,3-10H2,1-2H3,(H2,18,19,20). The van der Waals surface area contributed by atoms with E-state index in [1.165, 1.54) is 57.1 Å². The van der Waals surface area contributed by atoms with Crippen molar-refractivity contribution in [1.29, 1.82) is 0 Å². The van der Waals surface area contributed by atoms with E-state index in [-0.39, 0.29) is 0 Å². The van der Waals surface area contributed by atoms with Crippen LogP contribution in [0.1, 0.15) is 88.6 Å². The molecule has 3 rings (SSSR count). The highest BCUT2D eigenvalue weighted by atomic mass is 15.0. The zero-order valence-corrected chi connectivity index (χ0v) is 12.9. The average molecular weight is 273 g/mol. The first-order valence-corrected chi connectivity index (χ1v) is 8.18. The van der Waals surface area contributed by atoms with Gasteiger partial charge in [0.1, 0.15) is 11.6 Å². The van der Waals surface area contributed by atoms with Crippen LogP contribution in [0, 0.1) is 5.41 Å². The Labute approximate surface area is 122 Å². The maximum absolute atomic E-state index is 6.04. The minimum absolute atomic E-state index is 0.491. The molecule has 0 bridgehead atoms. The van der Waals surface area contributed by atoms with Gasteiger partial charge in [0.05, 0.1) is 0 Å². The van der Waals surface area contributed by atoms with Gasteiger partial charge in [-0.2, -0.15) is 0 Å². The predicted molar refractivity (Wildman–Crippen MR) is 82.6 cm³/mol. The van der Waals surface area contributed by atoms with E-state index in [0.717, 1.165) is 5.82 Å². The first-order valence-electron chi connectivity index (χ1n) is 8.18. The van der Waals surface area contributed by atoms with E-state index >= 15 is 0 Å². The number of nitrogens with zero attached hydrogens (tertiary/aromatic N) is 2. The first kappa shape index (κ1) is 13.8. The Morgan fingerprint density at radius 3 is 2.30 bits per heavy atom. The fraction of sp³-hybridized carbons (Fsp3) is 0.765. The van der Waals surface area contributed by atoms with Crippen LogP contribution in [0.2, 0.25) is 0 Å². The van der Waals surface area contributed by atoms with Crippen molar-refractivity contribution in [2.75, 3.05) is 5.73 Å². The number of nitrogens with two attached hydrogens (primary N) is 1. The maximum Gasteiger partial charge on any atom is 0.134 e. The number of aromatic nitrogens is 2. The Hall–Kier alpha value is -1.12. The van der Waals surface area contributed by atoms with Crippen LogP contribution < -0.4 is 5.73 Å². The van der Waals surface area contributed by atoms with Gasteiger partial charge in [-0.15, -0.1) is 0 Å². The Balaban J connectivity index is 1.79. The number of nitrogen functional groups attached to an aromatic ring is 1. The molecule has 0 saturated heterocycles. The Morgan fingerprint density at radius 2 is 1.65 bits per heavy atom. The normalized spacial score (nSPS) is 24.1. The third-order valence-corrected chi connectivity index (χ3v) is 5.26. The molecule has 1 aromatic heterocycles. The van der Waals surface area contributed by atoms with Gasteiger partial charge in [-0.3, -0.25) is 0 Å². The second-order valence-corrected chi connectivity index (χ2v) is 7.50. The van der Waals surface area contributed by atoms with Crippen LogP contribution in [0.4, 0.5) is 5.82 Å². The fourth-order valence-electron chi connectivity index (χ4n) is 3.78. The van der Waals surface area contributed by atoms with E-state index in [2.05, 4.69) is 18.8 Å². The summed E-state index contributed by atoms with van der Waals surface area (Å²) in [6.07, 6.45) is 10.2. The van der Waals surface area contributed by atoms with E-state index in [1.807, 2.05) is 6.07 Å². The lowest BCUT2D eigenvalue weighted by Crippen LogP contribution is -2.22. The smallest absolute Gasteiger partial charge is 0.134 e. The van der Waals surface area contributed by atoms with E-state index in [4.69, 9.17) is 10.7 Å². The molecule has 3 heteroatoms. The summed E-state index contributed by atoms with van der Waals surface area (Å²) in [5.74, 6) is 2.83. The second kappa shape index (κ2) is 5.34. The SMILES string of the molecule is CC1(C)CCC(c2nc(N)cc(C3CCCC3)n2)CC1. The summed E-state index contributed by atoms with van der Waals surface area (Å²) in [5, 5.41) is 0. The zero-order chi connectivity index (χ0) is 14.2. The minimum Gasteiger partial charge on any atom is -0.384 e. The highest BCUT2D eigenvalue weighted by Crippen LogP contribution is 2.42. The van der Waals surface area contributed by atoms with Crippen LogP contribution in [0.5, 0.6) is 0 Å². The van der Waals surface area contributed by atoms with Gasteiger partial charge in [-0.1, -0.05) is 26.7 Å². The van der Waals surface area contributed by atoms with Crippen LogP contribution in [-0.4, -0.2) is 9.97 Å². The Kier molecular flexibility index (Phi) is 3.70. The highest BCUT2D eigenvalue weighted by molar-refractivity contribution is 5.32. The summed E-state index contributed by atoms with van der Waals surface area (Å²) in [5.41, 5.74) is 7.73. The summed E-state index contributed by atoms with van der Waals surface area (Å²) < 4.78 is 0. The van der Waals surface area contributed by atoms with Crippen LogP contribution in [0.15, 0.2) is 6.07 Å². The van der Waals surface area contributed by atoms with E-state index in [0.29, 0.717) is 23.1 Å². The molecule has 110 valence electrons. The van der Waals surface area contributed by atoms with Gasteiger partial charge >= 0.3 is 0 Å². The van der Waals surface area contributed by atoms with Crippen LogP contribution in [-0.2, 0) is 0 Å². The summed E-state index contributed by atoms with van der Waals surface area (Å²) in [6.45, 7) is 4.74. The highest BCUT2D eigenvalue weighted by Gasteiger charge is 2.30. The molecule has 20 heavy (non-hydrogen) atoms. The van der Waals surface area contributed by atoms with Crippen molar-refractivity contribution in [3.05, 3.63) is 17.6 Å². The van der Waals surface area contributed by atoms with Crippen molar-refractivity contribution < 1.29 is 0 Å². The third kappa shape index (κ3) is 2.97. The molecular weight excluding hydrogens is 246 g/mol. The van der Waals surface area contributed by atoms with Crippen molar-refractivity contribution in [3.63, 3.8) is 0 Å². The van der Waals surface area contributed by atoms with E-state index < -0.39 is 0 Å². The zero-order valence-electron chi connectivity index (χ0n) is 12.9. The van der Waals surface area contributed by atoms with Crippen molar-refractivity contribution in [2.45, 2.75) is 77.0 Å². The molecule has 0 aromatic carbocycles. The molecule has 2 aliphatic rings. The predicted octanol–water partition coefficient (Wildman–Crippen LogP) is 4.40. The summed E-state index contributed by atoms with van der Waals surface area (Å²) >= 11 is 0. The molecule has 2 aliphatic carbocycles. The minimum atomic E-state index is 0.491. The number of hydrogen-bond acceptors (Lipinski definition) is 3. The monoisotopic (exact) mass is 273 g/mol. The summed E-state index contributed by atoms with van der Waals surface area (Å²) in [4.78, 5) is 9.44. The lowest BCUT2D eigenvalue weighted by atomic mass is 9.73. The Morgan fingerprint density at radius 1 is 1.00 bits per heavy atom. The lowest BCUT2D eigenvalue weighted by molar-refractivity contribution is 0.220. The van der Waals surface area contributed by atoms with Gasteiger partial charge in [0.15, 0.2) is 0 Å². The number of rotatable bonds is 2. The molecular formula is C17H27N3. The molecule has 1 aromatic rings. The molecule has 0 aliphatic heterocycles. The molecule has 0 atom stereocenters. The molecule has 0 radical (unpaired) electrons. The molecule has 2 N–H and O–H groups in total. The van der Waals surface area contributed by atoms with Crippen LogP contribution in [0.3, 0.4) is 0 Å². The number of hydrogen-bond donors (Lipinski definition) is 1. The van der Waals surface area contributed by atoms with Gasteiger partial charge in [0, 0.05) is 23.6 Å². The third-order valence-electron chi connectivity index (χ3n) is 5.26. The first-order chi connectivity index (χ1) is 9.53. The van der Waals surface area contributed by atoms with E-state index in [9.17, 15) is 0 Å².